The maximum absolute atomic E-state index is 12.6. The molecule has 0 aliphatic carbocycles. The molecule has 0 fully saturated rings. The summed E-state index contributed by atoms with van der Waals surface area (Å²) in [5, 5.41) is 7.09. The van der Waals surface area contributed by atoms with Crippen LogP contribution in [0.4, 0.5) is 0 Å². The molecule has 148 valence electrons. The summed E-state index contributed by atoms with van der Waals surface area (Å²) in [6.45, 7) is 0.289. The van der Waals surface area contributed by atoms with Crippen LogP contribution in [-0.2, 0) is 13.6 Å². The average molecular weight is 415 g/mol. The molecule has 10 heteroatoms. The molecular formula is C19H15ClN4O5. The fourth-order valence-electron chi connectivity index (χ4n) is 2.78. The third kappa shape index (κ3) is 3.59. The van der Waals surface area contributed by atoms with Crippen molar-refractivity contribution in [1.29, 1.82) is 0 Å². The third-order valence-corrected chi connectivity index (χ3v) is 4.60. The maximum atomic E-state index is 12.6. The summed E-state index contributed by atoms with van der Waals surface area (Å²) in [5.74, 6) is 0.513. The predicted octanol–water partition coefficient (Wildman–Crippen LogP) is 1.24. The third-order valence-electron chi connectivity index (χ3n) is 4.35. The number of carbonyl (C=O) groups excluding carboxylic acids is 1. The molecule has 2 aromatic carbocycles. The van der Waals surface area contributed by atoms with Crippen LogP contribution >= 0.6 is 11.6 Å². The number of hydrogen-bond acceptors (Lipinski definition) is 6. The number of fused-ring (bicyclic) bond motifs is 1. The summed E-state index contributed by atoms with van der Waals surface area (Å²) < 4.78 is 12.4. The van der Waals surface area contributed by atoms with Crippen LogP contribution in [0.5, 0.6) is 11.5 Å². The molecule has 1 aromatic heterocycles. The first-order valence-corrected chi connectivity index (χ1v) is 8.95. The van der Waals surface area contributed by atoms with E-state index in [-0.39, 0.29) is 13.3 Å². The molecule has 1 aliphatic heterocycles. The van der Waals surface area contributed by atoms with E-state index in [9.17, 15) is 14.4 Å². The van der Waals surface area contributed by atoms with Gasteiger partial charge in [0.05, 0.1) is 5.69 Å². The monoisotopic (exact) mass is 414 g/mol. The fraction of sp³-hybridized carbons (Fsp3) is 0.158. The molecule has 0 radical (unpaired) electrons. The Morgan fingerprint density at radius 2 is 1.86 bits per heavy atom. The van der Waals surface area contributed by atoms with Crippen molar-refractivity contribution in [2.24, 2.45) is 7.05 Å². The van der Waals surface area contributed by atoms with Gasteiger partial charge in [-0.1, -0.05) is 17.7 Å². The number of aromatic nitrogens is 3. The van der Waals surface area contributed by atoms with Crippen LogP contribution in [-0.4, -0.2) is 27.0 Å². The van der Waals surface area contributed by atoms with E-state index in [4.69, 9.17) is 21.1 Å². The molecule has 0 bridgehead atoms. The van der Waals surface area contributed by atoms with E-state index in [2.05, 4.69) is 10.4 Å². The van der Waals surface area contributed by atoms with Crippen LogP contribution in [0.25, 0.3) is 5.69 Å². The predicted molar refractivity (Wildman–Crippen MR) is 104 cm³/mol. The van der Waals surface area contributed by atoms with E-state index in [0.717, 1.165) is 14.8 Å². The molecule has 4 rings (SSSR count). The van der Waals surface area contributed by atoms with Crippen molar-refractivity contribution in [3.05, 3.63) is 79.6 Å². The Labute approximate surface area is 169 Å². The summed E-state index contributed by atoms with van der Waals surface area (Å²) in [4.78, 5) is 37.4. The highest BCUT2D eigenvalue weighted by Crippen LogP contribution is 2.32. The number of benzene rings is 2. The minimum absolute atomic E-state index is 0.139. The molecule has 0 saturated heterocycles. The van der Waals surface area contributed by atoms with Crippen molar-refractivity contribution < 1.29 is 14.3 Å². The van der Waals surface area contributed by atoms with Crippen LogP contribution in [0.2, 0.25) is 5.02 Å². The van der Waals surface area contributed by atoms with Crippen LogP contribution < -0.4 is 26.0 Å². The van der Waals surface area contributed by atoms with Crippen LogP contribution in [0, 0.1) is 0 Å². The first-order valence-electron chi connectivity index (χ1n) is 8.57. The van der Waals surface area contributed by atoms with Crippen molar-refractivity contribution in [2.45, 2.75) is 6.54 Å². The molecule has 3 aromatic rings. The van der Waals surface area contributed by atoms with Crippen LogP contribution in [0.3, 0.4) is 0 Å². The highest BCUT2D eigenvalue weighted by Gasteiger charge is 2.19. The van der Waals surface area contributed by atoms with Gasteiger partial charge in [-0.15, -0.1) is 0 Å². The van der Waals surface area contributed by atoms with E-state index in [1.54, 1.807) is 42.5 Å². The van der Waals surface area contributed by atoms with Gasteiger partial charge in [0.25, 0.3) is 11.5 Å². The first kappa shape index (κ1) is 18.8. The second kappa shape index (κ2) is 7.44. The van der Waals surface area contributed by atoms with Crippen molar-refractivity contribution in [3.63, 3.8) is 0 Å². The van der Waals surface area contributed by atoms with E-state index < -0.39 is 22.9 Å². The summed E-state index contributed by atoms with van der Waals surface area (Å²) in [5.41, 5.74) is -0.735. The normalized spacial score (nSPS) is 12.1. The molecule has 1 N–H and O–H groups in total. The standard InChI is InChI=1S/C19H15ClN4O5/c1-23-18(26)16(22-24(19(23)27)13-5-3-12(20)4-6-13)17(25)21-9-11-2-7-14-15(8-11)29-10-28-14/h2-8H,9-10H2,1H3,(H,21,25). The molecule has 1 amide bonds. The number of carbonyl (C=O) groups is 1. The van der Waals surface area contributed by atoms with Gasteiger partial charge >= 0.3 is 5.69 Å². The number of hydrogen-bond donors (Lipinski definition) is 1. The summed E-state index contributed by atoms with van der Waals surface area (Å²) in [7, 11) is 1.29. The molecule has 29 heavy (non-hydrogen) atoms. The Balaban J connectivity index is 1.62. The van der Waals surface area contributed by atoms with E-state index in [1.807, 2.05) is 0 Å². The second-order valence-corrected chi connectivity index (χ2v) is 6.69. The topological polar surface area (TPSA) is 104 Å². The Morgan fingerprint density at radius 3 is 2.62 bits per heavy atom. The van der Waals surface area contributed by atoms with Gasteiger partial charge in [0.15, 0.2) is 11.5 Å². The van der Waals surface area contributed by atoms with Crippen molar-refractivity contribution in [2.75, 3.05) is 6.79 Å². The number of nitrogens with one attached hydrogen (secondary N) is 1. The van der Waals surface area contributed by atoms with Crippen LogP contribution in [0.15, 0.2) is 52.1 Å². The minimum Gasteiger partial charge on any atom is -0.454 e. The van der Waals surface area contributed by atoms with Gasteiger partial charge in [-0.05, 0) is 42.0 Å². The van der Waals surface area contributed by atoms with Crippen molar-refractivity contribution >= 4 is 17.5 Å². The number of halogens is 1. The zero-order valence-electron chi connectivity index (χ0n) is 15.2. The molecule has 1 aliphatic rings. The zero-order chi connectivity index (χ0) is 20.5. The molecule has 0 saturated carbocycles. The lowest BCUT2D eigenvalue weighted by Gasteiger charge is -2.10. The van der Waals surface area contributed by atoms with Gasteiger partial charge in [0.2, 0.25) is 12.5 Å². The Hall–Kier alpha value is -3.59. The highest BCUT2D eigenvalue weighted by molar-refractivity contribution is 6.30. The van der Waals surface area contributed by atoms with E-state index in [1.165, 1.54) is 7.05 Å². The lowest BCUT2D eigenvalue weighted by atomic mass is 10.2. The van der Waals surface area contributed by atoms with Crippen molar-refractivity contribution in [3.8, 4) is 17.2 Å². The SMILES string of the molecule is Cn1c(=O)c(C(=O)NCc2ccc3c(c2)OCO3)nn(-c2ccc(Cl)cc2)c1=O. The molecule has 9 nitrogen and oxygen atoms in total. The fourth-order valence-corrected chi connectivity index (χ4v) is 2.91. The molecule has 0 atom stereocenters. The smallest absolute Gasteiger partial charge is 0.351 e. The quantitative estimate of drug-likeness (QED) is 0.688. The van der Waals surface area contributed by atoms with E-state index in [0.29, 0.717) is 22.2 Å². The largest absolute Gasteiger partial charge is 0.454 e. The van der Waals surface area contributed by atoms with Gasteiger partial charge in [-0.2, -0.15) is 9.78 Å². The van der Waals surface area contributed by atoms with Gasteiger partial charge in [0, 0.05) is 18.6 Å². The Morgan fingerprint density at radius 1 is 1.14 bits per heavy atom. The number of amides is 1. The average Bonchev–Trinajstić information content (AvgIpc) is 3.19. The van der Waals surface area contributed by atoms with Gasteiger partial charge in [0.1, 0.15) is 0 Å². The maximum Gasteiger partial charge on any atom is 0.351 e. The lowest BCUT2D eigenvalue weighted by molar-refractivity contribution is 0.0941. The minimum atomic E-state index is -0.789. The van der Waals surface area contributed by atoms with Crippen LogP contribution in [0.1, 0.15) is 16.1 Å². The Kier molecular flexibility index (Phi) is 4.81. The first-order chi connectivity index (χ1) is 13.9. The summed E-state index contributed by atoms with van der Waals surface area (Å²) in [6.07, 6.45) is 0. The number of rotatable bonds is 4. The summed E-state index contributed by atoms with van der Waals surface area (Å²) >= 11 is 5.87. The molecule has 2 heterocycles. The van der Waals surface area contributed by atoms with Gasteiger partial charge in [-0.3, -0.25) is 14.2 Å². The van der Waals surface area contributed by atoms with Crippen molar-refractivity contribution in [1.82, 2.24) is 19.7 Å². The molecule has 0 unspecified atom stereocenters. The lowest BCUT2D eigenvalue weighted by Crippen LogP contribution is -2.44. The van der Waals surface area contributed by atoms with Gasteiger partial charge < -0.3 is 14.8 Å². The Bertz CT molecular complexity index is 1220. The number of ether oxygens (including phenoxy) is 2. The van der Waals surface area contributed by atoms with E-state index >= 15 is 0 Å². The zero-order valence-corrected chi connectivity index (χ0v) is 16.0. The second-order valence-electron chi connectivity index (χ2n) is 6.25. The van der Waals surface area contributed by atoms with Gasteiger partial charge in [-0.25, -0.2) is 4.79 Å². The highest BCUT2D eigenvalue weighted by atomic mass is 35.5. The molecule has 0 spiro atoms. The molecular weight excluding hydrogens is 400 g/mol. The number of nitrogens with zero attached hydrogens (tertiary/aromatic N) is 3. The summed E-state index contributed by atoms with van der Waals surface area (Å²) in [6, 6.07) is 11.5.